The fourth-order valence-electron chi connectivity index (χ4n) is 3.40. The Hall–Kier alpha value is 0. The largest absolute Gasteiger partial charge is 0.0651 e. The van der Waals surface area contributed by atoms with Crippen LogP contribution in [0.25, 0.3) is 0 Å². The van der Waals surface area contributed by atoms with E-state index in [1.165, 1.54) is 38.5 Å². The fraction of sp³-hybridized carbons (Fsp3) is 1.00. The Morgan fingerprint density at radius 1 is 1.00 bits per heavy atom. The third-order valence-electron chi connectivity index (χ3n) is 4.68. The van der Waals surface area contributed by atoms with E-state index in [0.29, 0.717) is 0 Å². The second-order valence-corrected chi connectivity index (χ2v) is 4.91. The predicted molar refractivity (Wildman–Crippen MR) is 59.8 cm³/mol. The molecule has 1 saturated carbocycles. The number of hydrogen-bond acceptors (Lipinski definition) is 0. The summed E-state index contributed by atoms with van der Waals surface area (Å²) >= 11 is 0. The van der Waals surface area contributed by atoms with Crippen molar-refractivity contribution in [3.63, 3.8) is 0 Å². The molecule has 0 aromatic carbocycles. The average molecular weight is 182 g/mol. The normalized spacial score (nSPS) is 22.8. The van der Waals surface area contributed by atoms with E-state index in [1.54, 1.807) is 0 Å². The summed E-state index contributed by atoms with van der Waals surface area (Å²) in [6.07, 6.45) is 8.65. The first-order valence-electron chi connectivity index (χ1n) is 6.21. The second kappa shape index (κ2) is 4.48. The molecule has 13 heavy (non-hydrogen) atoms. The molecule has 1 atom stereocenters. The summed E-state index contributed by atoms with van der Waals surface area (Å²) in [6.45, 7) is 9.57. The molecule has 0 aliphatic heterocycles. The molecule has 0 spiro atoms. The molecule has 0 N–H and O–H groups in total. The SMILES string of the molecule is CCC(C)C1(C(CC)CC)CCC1. The van der Waals surface area contributed by atoms with Crippen molar-refractivity contribution >= 4 is 0 Å². The molecular weight excluding hydrogens is 156 g/mol. The van der Waals surface area contributed by atoms with E-state index >= 15 is 0 Å². The number of hydrogen-bond donors (Lipinski definition) is 0. The van der Waals surface area contributed by atoms with Gasteiger partial charge < -0.3 is 0 Å². The molecule has 1 aliphatic carbocycles. The van der Waals surface area contributed by atoms with Crippen LogP contribution in [0, 0.1) is 17.3 Å². The van der Waals surface area contributed by atoms with Crippen molar-refractivity contribution in [3.05, 3.63) is 0 Å². The van der Waals surface area contributed by atoms with E-state index in [1.807, 2.05) is 0 Å². The van der Waals surface area contributed by atoms with Crippen molar-refractivity contribution in [2.45, 2.75) is 66.2 Å². The molecule has 1 rings (SSSR count). The lowest BCUT2D eigenvalue weighted by molar-refractivity contribution is -0.0167. The van der Waals surface area contributed by atoms with E-state index in [2.05, 4.69) is 27.7 Å². The topological polar surface area (TPSA) is 0 Å². The average Bonchev–Trinajstić information content (AvgIpc) is 2.09. The maximum Gasteiger partial charge on any atom is -0.0244 e. The summed E-state index contributed by atoms with van der Waals surface area (Å²) in [6, 6.07) is 0. The van der Waals surface area contributed by atoms with Crippen LogP contribution in [0.5, 0.6) is 0 Å². The highest BCUT2D eigenvalue weighted by atomic mass is 14.5. The zero-order chi connectivity index (χ0) is 9.90. The maximum atomic E-state index is 2.47. The molecule has 0 nitrogen and oxygen atoms in total. The van der Waals surface area contributed by atoms with Gasteiger partial charge in [0.2, 0.25) is 0 Å². The van der Waals surface area contributed by atoms with Gasteiger partial charge >= 0.3 is 0 Å². The Morgan fingerprint density at radius 2 is 1.54 bits per heavy atom. The van der Waals surface area contributed by atoms with Gasteiger partial charge in [-0.1, -0.05) is 53.4 Å². The molecule has 0 radical (unpaired) electrons. The Kier molecular flexibility index (Phi) is 3.82. The van der Waals surface area contributed by atoms with E-state index < -0.39 is 0 Å². The molecule has 1 aliphatic rings. The standard InChI is InChI=1S/C13H26/c1-5-11(4)13(9-8-10-13)12(6-2)7-3/h11-12H,5-10H2,1-4H3. The van der Waals surface area contributed by atoms with E-state index in [0.717, 1.165) is 17.3 Å². The quantitative estimate of drug-likeness (QED) is 0.581. The van der Waals surface area contributed by atoms with E-state index in [4.69, 9.17) is 0 Å². The summed E-state index contributed by atoms with van der Waals surface area (Å²) < 4.78 is 0. The Labute approximate surface area is 84.1 Å². The molecule has 0 bridgehead atoms. The molecule has 1 unspecified atom stereocenters. The summed E-state index contributed by atoms with van der Waals surface area (Å²) in [4.78, 5) is 0. The van der Waals surface area contributed by atoms with Crippen LogP contribution in [0.2, 0.25) is 0 Å². The monoisotopic (exact) mass is 182 g/mol. The van der Waals surface area contributed by atoms with Crippen LogP contribution < -0.4 is 0 Å². The van der Waals surface area contributed by atoms with Gasteiger partial charge in [-0.2, -0.15) is 0 Å². The van der Waals surface area contributed by atoms with Gasteiger partial charge in [0.05, 0.1) is 0 Å². The first-order valence-corrected chi connectivity index (χ1v) is 6.21. The lowest BCUT2D eigenvalue weighted by Crippen LogP contribution is -2.42. The summed E-state index contributed by atoms with van der Waals surface area (Å²) in [5.74, 6) is 1.95. The lowest BCUT2D eigenvalue weighted by atomic mass is 9.53. The number of rotatable bonds is 5. The summed E-state index contributed by atoms with van der Waals surface area (Å²) in [5.41, 5.74) is 0.748. The third-order valence-corrected chi connectivity index (χ3v) is 4.68. The van der Waals surface area contributed by atoms with Crippen molar-refractivity contribution < 1.29 is 0 Å². The van der Waals surface area contributed by atoms with Crippen LogP contribution in [0.15, 0.2) is 0 Å². The summed E-state index contributed by atoms with van der Waals surface area (Å²) in [7, 11) is 0. The molecule has 0 heterocycles. The van der Waals surface area contributed by atoms with Gasteiger partial charge in [0.25, 0.3) is 0 Å². The maximum absolute atomic E-state index is 2.47. The van der Waals surface area contributed by atoms with Crippen molar-refractivity contribution in [1.82, 2.24) is 0 Å². The van der Waals surface area contributed by atoms with Gasteiger partial charge in [0.15, 0.2) is 0 Å². The Balaban J connectivity index is 2.67. The van der Waals surface area contributed by atoms with Gasteiger partial charge in [-0.05, 0) is 30.1 Å². The molecule has 0 heteroatoms. The van der Waals surface area contributed by atoms with Crippen molar-refractivity contribution in [2.75, 3.05) is 0 Å². The van der Waals surface area contributed by atoms with Gasteiger partial charge in [0, 0.05) is 0 Å². The highest BCUT2D eigenvalue weighted by Gasteiger charge is 2.45. The fourth-order valence-corrected chi connectivity index (χ4v) is 3.40. The third kappa shape index (κ3) is 1.78. The van der Waals surface area contributed by atoms with Crippen molar-refractivity contribution in [1.29, 1.82) is 0 Å². The van der Waals surface area contributed by atoms with E-state index in [-0.39, 0.29) is 0 Å². The molecule has 1 fully saturated rings. The van der Waals surface area contributed by atoms with Crippen LogP contribution in [0.4, 0.5) is 0 Å². The highest BCUT2D eigenvalue weighted by Crippen LogP contribution is 2.55. The summed E-state index contributed by atoms with van der Waals surface area (Å²) in [5, 5.41) is 0. The second-order valence-electron chi connectivity index (χ2n) is 4.91. The Morgan fingerprint density at radius 3 is 1.77 bits per heavy atom. The van der Waals surface area contributed by atoms with Gasteiger partial charge in [-0.3, -0.25) is 0 Å². The molecule has 78 valence electrons. The minimum atomic E-state index is 0.748. The molecular formula is C13H26. The first kappa shape index (κ1) is 11.1. The van der Waals surface area contributed by atoms with Gasteiger partial charge in [-0.25, -0.2) is 0 Å². The zero-order valence-corrected chi connectivity index (χ0v) is 9.90. The van der Waals surface area contributed by atoms with Gasteiger partial charge in [0.1, 0.15) is 0 Å². The minimum absolute atomic E-state index is 0.748. The van der Waals surface area contributed by atoms with Crippen molar-refractivity contribution in [3.8, 4) is 0 Å². The first-order chi connectivity index (χ1) is 6.21. The zero-order valence-electron chi connectivity index (χ0n) is 9.90. The molecule has 0 aromatic rings. The Bertz CT molecular complexity index is 140. The van der Waals surface area contributed by atoms with E-state index in [9.17, 15) is 0 Å². The van der Waals surface area contributed by atoms with Crippen molar-refractivity contribution in [2.24, 2.45) is 17.3 Å². The van der Waals surface area contributed by atoms with Crippen LogP contribution in [-0.2, 0) is 0 Å². The lowest BCUT2D eigenvalue weighted by Gasteiger charge is -2.52. The predicted octanol–water partition coefficient (Wildman–Crippen LogP) is 4.64. The molecule has 0 saturated heterocycles. The molecule has 0 amide bonds. The van der Waals surface area contributed by atoms with Crippen LogP contribution in [0.3, 0.4) is 0 Å². The highest BCUT2D eigenvalue weighted by molar-refractivity contribution is 4.95. The van der Waals surface area contributed by atoms with Crippen LogP contribution >= 0.6 is 0 Å². The minimum Gasteiger partial charge on any atom is -0.0651 e. The molecule has 0 aromatic heterocycles. The smallest absolute Gasteiger partial charge is 0.0244 e. The van der Waals surface area contributed by atoms with Gasteiger partial charge in [-0.15, -0.1) is 0 Å². The van der Waals surface area contributed by atoms with Crippen LogP contribution in [0.1, 0.15) is 66.2 Å². The van der Waals surface area contributed by atoms with Crippen LogP contribution in [-0.4, -0.2) is 0 Å².